The van der Waals surface area contributed by atoms with Gasteiger partial charge in [0.1, 0.15) is 5.01 Å². The zero-order valence-corrected chi connectivity index (χ0v) is 11.8. The quantitative estimate of drug-likeness (QED) is 0.789. The van der Waals surface area contributed by atoms with Crippen LogP contribution in [-0.2, 0) is 7.05 Å². The molecule has 3 aromatic rings. The highest BCUT2D eigenvalue weighted by molar-refractivity contribution is 7.09. The summed E-state index contributed by atoms with van der Waals surface area (Å²) in [5.74, 6) is 0.892. The normalized spacial score (nSPS) is 12.7. The van der Waals surface area contributed by atoms with Gasteiger partial charge < -0.3 is 9.88 Å². The van der Waals surface area contributed by atoms with Crippen LogP contribution >= 0.6 is 11.3 Å². The van der Waals surface area contributed by atoms with Gasteiger partial charge in [-0.3, -0.25) is 0 Å². The van der Waals surface area contributed by atoms with Crippen molar-refractivity contribution >= 4 is 28.3 Å². The van der Waals surface area contributed by atoms with Gasteiger partial charge in [-0.25, -0.2) is 9.97 Å². The maximum absolute atomic E-state index is 4.64. The Morgan fingerprint density at radius 2 is 2.21 bits per heavy atom. The van der Waals surface area contributed by atoms with E-state index in [1.165, 1.54) is 0 Å². The maximum atomic E-state index is 4.64. The van der Waals surface area contributed by atoms with E-state index in [0.29, 0.717) is 0 Å². The Labute approximate surface area is 116 Å². The molecule has 19 heavy (non-hydrogen) atoms. The summed E-state index contributed by atoms with van der Waals surface area (Å²) in [6, 6.07) is 8.38. The lowest BCUT2D eigenvalue weighted by molar-refractivity contribution is 0.723. The van der Waals surface area contributed by atoms with E-state index in [0.717, 1.165) is 28.4 Å². The van der Waals surface area contributed by atoms with Crippen LogP contribution in [0.5, 0.6) is 0 Å². The van der Waals surface area contributed by atoms with Crippen LogP contribution in [0.15, 0.2) is 35.8 Å². The fraction of sp³-hybridized carbons (Fsp3) is 0.286. The Hall–Kier alpha value is -1.88. The first-order valence-corrected chi connectivity index (χ1v) is 7.25. The fourth-order valence-corrected chi connectivity index (χ4v) is 2.95. The summed E-state index contributed by atoms with van der Waals surface area (Å²) < 4.78 is 2.09. The number of aryl methyl sites for hydroxylation is 1. The molecular formula is C14H16N4S. The topological polar surface area (TPSA) is 42.7 Å². The number of nitrogens with one attached hydrogen (secondary N) is 1. The van der Waals surface area contributed by atoms with Crippen LogP contribution in [0.2, 0.25) is 0 Å². The first-order chi connectivity index (χ1) is 9.29. The van der Waals surface area contributed by atoms with Crippen LogP contribution in [0.25, 0.3) is 11.0 Å². The van der Waals surface area contributed by atoms with Crippen molar-refractivity contribution in [2.45, 2.75) is 19.4 Å². The van der Waals surface area contributed by atoms with E-state index in [4.69, 9.17) is 0 Å². The zero-order valence-electron chi connectivity index (χ0n) is 11.0. The van der Waals surface area contributed by atoms with Crippen molar-refractivity contribution in [3.05, 3.63) is 40.8 Å². The lowest BCUT2D eigenvalue weighted by Gasteiger charge is -2.15. The van der Waals surface area contributed by atoms with Crippen LogP contribution in [-0.4, -0.2) is 14.5 Å². The summed E-state index contributed by atoms with van der Waals surface area (Å²) in [5.41, 5.74) is 2.15. The molecule has 0 aliphatic heterocycles. The number of hydrogen-bond acceptors (Lipinski definition) is 4. The number of thiazole rings is 1. The Balaban J connectivity index is 1.94. The molecule has 0 amide bonds. The first-order valence-electron chi connectivity index (χ1n) is 6.37. The molecule has 1 N–H and O–H groups in total. The summed E-state index contributed by atoms with van der Waals surface area (Å²) in [7, 11) is 2.03. The Morgan fingerprint density at radius 1 is 1.37 bits per heavy atom. The summed E-state index contributed by atoms with van der Waals surface area (Å²) in [5, 5.41) is 6.60. The molecule has 0 bridgehead atoms. The fourth-order valence-electron chi connectivity index (χ4n) is 2.18. The van der Waals surface area contributed by atoms with Crippen molar-refractivity contribution in [2.75, 3.05) is 5.32 Å². The Morgan fingerprint density at radius 3 is 2.89 bits per heavy atom. The molecule has 0 saturated heterocycles. The molecule has 3 rings (SSSR count). The molecule has 4 nitrogen and oxygen atoms in total. The number of rotatable bonds is 4. The number of fused-ring (bicyclic) bond motifs is 1. The monoisotopic (exact) mass is 272 g/mol. The highest BCUT2D eigenvalue weighted by atomic mass is 32.1. The van der Waals surface area contributed by atoms with E-state index < -0.39 is 0 Å². The zero-order chi connectivity index (χ0) is 13.2. The van der Waals surface area contributed by atoms with E-state index in [9.17, 15) is 0 Å². The second-order valence-corrected chi connectivity index (χ2v) is 5.38. The second kappa shape index (κ2) is 5.01. The maximum Gasteiger partial charge on any atom is 0.204 e. The lowest BCUT2D eigenvalue weighted by Crippen LogP contribution is -2.12. The molecule has 0 saturated carbocycles. The van der Waals surface area contributed by atoms with E-state index in [1.807, 2.05) is 36.8 Å². The molecular weight excluding hydrogens is 256 g/mol. The number of nitrogens with zero attached hydrogens (tertiary/aromatic N) is 3. The minimum atomic E-state index is 0.218. The van der Waals surface area contributed by atoms with Gasteiger partial charge in [0.05, 0.1) is 17.1 Å². The first kappa shape index (κ1) is 12.2. The molecule has 1 unspecified atom stereocenters. The second-order valence-electron chi connectivity index (χ2n) is 4.46. The molecule has 98 valence electrons. The summed E-state index contributed by atoms with van der Waals surface area (Å²) in [6.45, 7) is 2.15. The number of para-hydroxylation sites is 2. The van der Waals surface area contributed by atoms with Gasteiger partial charge in [-0.2, -0.15) is 0 Å². The SMILES string of the molecule is CCC(Nc1nc2ccccc2n1C)c1nccs1. The van der Waals surface area contributed by atoms with Crippen molar-refractivity contribution in [3.63, 3.8) is 0 Å². The molecule has 1 atom stereocenters. The Kier molecular flexibility index (Phi) is 3.21. The summed E-state index contributed by atoms with van der Waals surface area (Å²) in [6.07, 6.45) is 2.83. The minimum Gasteiger partial charge on any atom is -0.346 e. The lowest BCUT2D eigenvalue weighted by atomic mass is 10.2. The molecule has 0 aliphatic rings. The van der Waals surface area contributed by atoms with Gasteiger partial charge in [-0.1, -0.05) is 19.1 Å². The highest BCUT2D eigenvalue weighted by Crippen LogP contribution is 2.25. The van der Waals surface area contributed by atoms with Crippen LogP contribution in [0.1, 0.15) is 24.4 Å². The molecule has 2 aromatic heterocycles. The number of hydrogen-bond donors (Lipinski definition) is 1. The van der Waals surface area contributed by atoms with Gasteiger partial charge in [0.2, 0.25) is 5.95 Å². The summed E-state index contributed by atoms with van der Waals surface area (Å²) in [4.78, 5) is 9.02. The number of anilines is 1. The van der Waals surface area contributed by atoms with Crippen molar-refractivity contribution in [1.82, 2.24) is 14.5 Å². The van der Waals surface area contributed by atoms with Crippen molar-refractivity contribution in [2.24, 2.45) is 7.05 Å². The minimum absolute atomic E-state index is 0.218. The largest absolute Gasteiger partial charge is 0.346 e. The van der Waals surface area contributed by atoms with E-state index in [2.05, 4.69) is 32.8 Å². The average Bonchev–Trinajstić information content (AvgIpc) is 3.06. The third-order valence-electron chi connectivity index (χ3n) is 3.25. The summed E-state index contributed by atoms with van der Waals surface area (Å²) >= 11 is 1.68. The predicted molar refractivity (Wildman–Crippen MR) is 79.5 cm³/mol. The molecule has 0 spiro atoms. The van der Waals surface area contributed by atoms with Gasteiger partial charge in [0.25, 0.3) is 0 Å². The highest BCUT2D eigenvalue weighted by Gasteiger charge is 2.15. The molecule has 1 aromatic carbocycles. The van der Waals surface area contributed by atoms with Gasteiger partial charge in [-0.05, 0) is 18.6 Å². The number of aromatic nitrogens is 3. The van der Waals surface area contributed by atoms with E-state index in [1.54, 1.807) is 11.3 Å². The molecule has 2 heterocycles. The van der Waals surface area contributed by atoms with Gasteiger partial charge in [0.15, 0.2) is 0 Å². The van der Waals surface area contributed by atoms with E-state index in [-0.39, 0.29) is 6.04 Å². The molecule has 5 heteroatoms. The number of benzene rings is 1. The molecule has 0 radical (unpaired) electrons. The van der Waals surface area contributed by atoms with E-state index >= 15 is 0 Å². The molecule has 0 aliphatic carbocycles. The standard InChI is InChI=1S/C14H16N4S/c1-3-10(13-15-8-9-19-13)16-14-17-11-6-4-5-7-12(11)18(14)2/h4-10H,3H2,1-2H3,(H,16,17). The molecule has 0 fully saturated rings. The van der Waals surface area contributed by atoms with Crippen LogP contribution < -0.4 is 5.32 Å². The van der Waals surface area contributed by atoms with Gasteiger partial charge in [0, 0.05) is 18.6 Å². The third-order valence-corrected chi connectivity index (χ3v) is 4.14. The van der Waals surface area contributed by atoms with Crippen LogP contribution in [0, 0.1) is 0 Å². The van der Waals surface area contributed by atoms with Crippen molar-refractivity contribution in [3.8, 4) is 0 Å². The van der Waals surface area contributed by atoms with Crippen molar-refractivity contribution in [1.29, 1.82) is 0 Å². The average molecular weight is 272 g/mol. The van der Waals surface area contributed by atoms with Gasteiger partial charge in [-0.15, -0.1) is 11.3 Å². The van der Waals surface area contributed by atoms with Crippen LogP contribution in [0.4, 0.5) is 5.95 Å². The van der Waals surface area contributed by atoms with Crippen molar-refractivity contribution < 1.29 is 0 Å². The third kappa shape index (κ3) is 2.21. The van der Waals surface area contributed by atoms with Gasteiger partial charge >= 0.3 is 0 Å². The predicted octanol–water partition coefficient (Wildman–Crippen LogP) is 3.59. The van der Waals surface area contributed by atoms with Crippen LogP contribution in [0.3, 0.4) is 0 Å². The Bertz CT molecular complexity index is 672. The number of imidazole rings is 1. The smallest absolute Gasteiger partial charge is 0.204 e.